The summed E-state index contributed by atoms with van der Waals surface area (Å²) in [7, 11) is 1.59. The van der Waals surface area contributed by atoms with Gasteiger partial charge < -0.3 is 9.84 Å². The second kappa shape index (κ2) is 4.29. The van der Waals surface area contributed by atoms with Crippen molar-refractivity contribution in [2.45, 2.75) is 6.92 Å². The van der Waals surface area contributed by atoms with Crippen molar-refractivity contribution >= 4 is 5.97 Å². The van der Waals surface area contributed by atoms with E-state index in [-0.39, 0.29) is 5.69 Å². The number of aromatic amines is 1. The molecule has 2 aromatic rings. The van der Waals surface area contributed by atoms with Crippen LogP contribution < -0.4 is 4.74 Å². The number of aromatic nitrogens is 2. The molecule has 0 aliphatic carbocycles. The number of carboxylic acids is 1. The molecule has 17 heavy (non-hydrogen) atoms. The highest BCUT2D eigenvalue weighted by Gasteiger charge is 2.15. The monoisotopic (exact) mass is 232 g/mol. The normalized spacial score (nSPS) is 10.2. The number of methoxy groups -OCH3 is 1. The molecule has 1 aromatic heterocycles. The average Bonchev–Trinajstić information content (AvgIpc) is 2.71. The second-order valence-corrected chi connectivity index (χ2v) is 3.61. The summed E-state index contributed by atoms with van der Waals surface area (Å²) in [6.45, 7) is 1.73. The van der Waals surface area contributed by atoms with Crippen LogP contribution in [0.1, 0.15) is 16.1 Å². The maximum absolute atomic E-state index is 10.9. The first-order valence-electron chi connectivity index (χ1n) is 5.06. The van der Waals surface area contributed by atoms with Crippen molar-refractivity contribution in [3.05, 3.63) is 35.5 Å². The molecule has 0 aliphatic heterocycles. The molecular weight excluding hydrogens is 220 g/mol. The van der Waals surface area contributed by atoms with Crippen molar-refractivity contribution < 1.29 is 14.6 Å². The molecule has 0 saturated heterocycles. The van der Waals surface area contributed by atoms with Gasteiger partial charge in [-0.3, -0.25) is 5.10 Å². The molecule has 5 nitrogen and oxygen atoms in total. The Morgan fingerprint density at radius 1 is 1.35 bits per heavy atom. The first kappa shape index (κ1) is 11.2. The van der Waals surface area contributed by atoms with E-state index in [9.17, 15) is 4.79 Å². The molecule has 2 rings (SSSR count). The van der Waals surface area contributed by atoms with E-state index in [4.69, 9.17) is 9.84 Å². The Bertz CT molecular complexity index is 543. The van der Waals surface area contributed by atoms with Crippen LogP contribution in [0.5, 0.6) is 5.75 Å². The highest BCUT2D eigenvalue weighted by molar-refractivity contribution is 5.89. The van der Waals surface area contributed by atoms with Crippen LogP contribution in [-0.2, 0) is 0 Å². The van der Waals surface area contributed by atoms with Gasteiger partial charge in [0.05, 0.1) is 12.8 Å². The van der Waals surface area contributed by atoms with Crippen molar-refractivity contribution in [3.8, 4) is 17.0 Å². The van der Waals surface area contributed by atoms with Gasteiger partial charge in [-0.2, -0.15) is 5.10 Å². The third-order valence-corrected chi connectivity index (χ3v) is 2.59. The molecule has 2 N–H and O–H groups in total. The van der Waals surface area contributed by atoms with Crippen LogP contribution in [0.4, 0.5) is 0 Å². The lowest BCUT2D eigenvalue weighted by molar-refractivity contribution is 0.0689. The highest BCUT2D eigenvalue weighted by Crippen LogP contribution is 2.24. The lowest BCUT2D eigenvalue weighted by atomic mass is 10.1. The molecule has 0 amide bonds. The number of hydrogen-bond donors (Lipinski definition) is 2. The summed E-state index contributed by atoms with van der Waals surface area (Å²) in [6.07, 6.45) is 0. The maximum Gasteiger partial charge on any atom is 0.354 e. The van der Waals surface area contributed by atoms with E-state index in [1.165, 1.54) is 0 Å². The van der Waals surface area contributed by atoms with E-state index in [0.29, 0.717) is 11.3 Å². The molecule has 0 saturated carbocycles. The van der Waals surface area contributed by atoms with E-state index >= 15 is 0 Å². The maximum atomic E-state index is 10.9. The molecule has 0 aliphatic rings. The molecule has 0 fully saturated rings. The third-order valence-electron chi connectivity index (χ3n) is 2.59. The standard InChI is InChI=1S/C12H12N2O3/c1-7-10(13-14-11(7)12(15)16)8-3-5-9(17-2)6-4-8/h3-6H,1-2H3,(H,13,14)(H,15,16). The highest BCUT2D eigenvalue weighted by atomic mass is 16.5. The Kier molecular flexibility index (Phi) is 2.82. The second-order valence-electron chi connectivity index (χ2n) is 3.61. The minimum atomic E-state index is -1.00. The summed E-state index contributed by atoms with van der Waals surface area (Å²) in [5.74, 6) is -0.254. The summed E-state index contributed by atoms with van der Waals surface area (Å²) in [5.41, 5.74) is 2.25. The molecule has 0 radical (unpaired) electrons. The molecule has 88 valence electrons. The van der Waals surface area contributed by atoms with Crippen LogP contribution in [0.3, 0.4) is 0 Å². The summed E-state index contributed by atoms with van der Waals surface area (Å²) >= 11 is 0. The fourth-order valence-electron chi connectivity index (χ4n) is 1.64. The van der Waals surface area contributed by atoms with Crippen LogP contribution in [0.25, 0.3) is 11.3 Å². The van der Waals surface area contributed by atoms with E-state index < -0.39 is 5.97 Å². The van der Waals surface area contributed by atoms with Gasteiger partial charge in [-0.1, -0.05) is 0 Å². The van der Waals surface area contributed by atoms with Gasteiger partial charge in [0.1, 0.15) is 11.4 Å². The fourth-order valence-corrected chi connectivity index (χ4v) is 1.64. The van der Waals surface area contributed by atoms with E-state index in [2.05, 4.69) is 10.2 Å². The van der Waals surface area contributed by atoms with Gasteiger partial charge in [0.25, 0.3) is 0 Å². The van der Waals surface area contributed by atoms with Gasteiger partial charge in [-0.15, -0.1) is 0 Å². The van der Waals surface area contributed by atoms with Crippen molar-refractivity contribution in [1.29, 1.82) is 0 Å². The lowest BCUT2D eigenvalue weighted by Crippen LogP contribution is -1.98. The Balaban J connectivity index is 2.42. The predicted molar refractivity (Wildman–Crippen MR) is 62.3 cm³/mol. The minimum Gasteiger partial charge on any atom is -0.497 e. The van der Waals surface area contributed by atoms with Crippen molar-refractivity contribution in [3.63, 3.8) is 0 Å². The number of carbonyl (C=O) groups is 1. The first-order valence-corrected chi connectivity index (χ1v) is 5.06. The number of carboxylic acid groups (broad SMARTS) is 1. The summed E-state index contributed by atoms with van der Waals surface area (Å²) in [6, 6.07) is 7.30. The van der Waals surface area contributed by atoms with Crippen LogP contribution in [0.15, 0.2) is 24.3 Å². The zero-order valence-electron chi connectivity index (χ0n) is 9.52. The lowest BCUT2D eigenvalue weighted by Gasteiger charge is -2.01. The number of aromatic carboxylic acids is 1. The number of hydrogen-bond acceptors (Lipinski definition) is 3. The molecule has 5 heteroatoms. The summed E-state index contributed by atoms with van der Waals surface area (Å²) in [4.78, 5) is 10.9. The van der Waals surface area contributed by atoms with E-state index in [1.54, 1.807) is 14.0 Å². The molecule has 0 unspecified atom stereocenters. The molecule has 0 atom stereocenters. The number of rotatable bonds is 3. The molecule has 0 bridgehead atoms. The Hall–Kier alpha value is -2.30. The number of nitrogens with one attached hydrogen (secondary N) is 1. The molecule has 1 heterocycles. The largest absolute Gasteiger partial charge is 0.497 e. The van der Waals surface area contributed by atoms with E-state index in [0.717, 1.165) is 11.3 Å². The average molecular weight is 232 g/mol. The fraction of sp³-hybridized carbons (Fsp3) is 0.167. The van der Waals surface area contributed by atoms with Gasteiger partial charge in [-0.05, 0) is 31.2 Å². The SMILES string of the molecule is COc1ccc(-c2n[nH]c(C(=O)O)c2C)cc1. The molecular formula is C12H12N2O3. The van der Waals surface area contributed by atoms with Gasteiger partial charge >= 0.3 is 5.97 Å². The summed E-state index contributed by atoms with van der Waals surface area (Å²) < 4.78 is 5.06. The van der Waals surface area contributed by atoms with Crippen LogP contribution >= 0.6 is 0 Å². The topological polar surface area (TPSA) is 75.2 Å². The Labute approximate surface area is 98.0 Å². The van der Waals surface area contributed by atoms with Crippen LogP contribution in [0.2, 0.25) is 0 Å². The minimum absolute atomic E-state index is 0.121. The number of benzene rings is 1. The van der Waals surface area contributed by atoms with Gasteiger partial charge in [-0.25, -0.2) is 4.79 Å². The third kappa shape index (κ3) is 1.99. The number of ether oxygens (including phenoxy) is 1. The first-order chi connectivity index (χ1) is 8.13. The van der Waals surface area contributed by atoms with Crippen molar-refractivity contribution in [2.24, 2.45) is 0 Å². The van der Waals surface area contributed by atoms with Gasteiger partial charge in [0.2, 0.25) is 0 Å². The van der Waals surface area contributed by atoms with Crippen molar-refractivity contribution in [1.82, 2.24) is 10.2 Å². The van der Waals surface area contributed by atoms with Crippen LogP contribution in [0, 0.1) is 6.92 Å². The predicted octanol–water partition coefficient (Wildman–Crippen LogP) is 2.09. The smallest absolute Gasteiger partial charge is 0.354 e. The Morgan fingerprint density at radius 2 is 2.00 bits per heavy atom. The zero-order chi connectivity index (χ0) is 12.4. The van der Waals surface area contributed by atoms with E-state index in [1.807, 2.05) is 24.3 Å². The van der Waals surface area contributed by atoms with Crippen LogP contribution in [-0.4, -0.2) is 28.4 Å². The van der Waals surface area contributed by atoms with Crippen molar-refractivity contribution in [2.75, 3.05) is 7.11 Å². The molecule has 0 spiro atoms. The van der Waals surface area contributed by atoms with Gasteiger partial charge in [0, 0.05) is 11.1 Å². The Morgan fingerprint density at radius 3 is 2.47 bits per heavy atom. The summed E-state index contributed by atoms with van der Waals surface area (Å²) in [5, 5.41) is 15.5. The molecule has 1 aromatic carbocycles. The number of H-pyrrole nitrogens is 1. The zero-order valence-corrected chi connectivity index (χ0v) is 9.52. The number of nitrogens with zero attached hydrogens (tertiary/aromatic N) is 1. The quantitative estimate of drug-likeness (QED) is 0.849. The van der Waals surface area contributed by atoms with Gasteiger partial charge in [0.15, 0.2) is 0 Å².